The van der Waals surface area contributed by atoms with Crippen molar-refractivity contribution in [3.63, 3.8) is 0 Å². The zero-order valence-electron chi connectivity index (χ0n) is 15.9. The normalized spacial score (nSPS) is 17.0. The van der Waals surface area contributed by atoms with Crippen molar-refractivity contribution in [1.29, 1.82) is 0 Å². The van der Waals surface area contributed by atoms with Crippen LogP contribution in [0.5, 0.6) is 5.75 Å². The number of amides is 1. The van der Waals surface area contributed by atoms with Crippen molar-refractivity contribution in [3.05, 3.63) is 59.9 Å². The summed E-state index contributed by atoms with van der Waals surface area (Å²) in [6, 6.07) is 16.4. The third-order valence-corrected chi connectivity index (χ3v) is 5.31. The molecule has 2 heterocycles. The number of rotatable bonds is 6. The third-order valence-electron chi connectivity index (χ3n) is 5.31. The van der Waals surface area contributed by atoms with Crippen molar-refractivity contribution in [1.82, 2.24) is 14.5 Å². The van der Waals surface area contributed by atoms with Crippen LogP contribution in [0.3, 0.4) is 0 Å². The lowest BCUT2D eigenvalue weighted by molar-refractivity contribution is -0.126. The number of para-hydroxylation sites is 2. The van der Waals surface area contributed by atoms with Crippen LogP contribution in [0.1, 0.15) is 30.7 Å². The summed E-state index contributed by atoms with van der Waals surface area (Å²) in [5.41, 5.74) is 3.38. The molecule has 5 nitrogen and oxygen atoms in total. The molecule has 5 heteroatoms. The predicted molar refractivity (Wildman–Crippen MR) is 106 cm³/mol. The molecule has 0 bridgehead atoms. The molecule has 3 aromatic rings. The van der Waals surface area contributed by atoms with Gasteiger partial charge in [-0.15, -0.1) is 0 Å². The number of likely N-dealkylation sites (N-methyl/N-ethyl adjacent to an activating group) is 1. The lowest BCUT2D eigenvalue weighted by Crippen LogP contribution is -2.19. The number of ether oxygens (including phenoxy) is 1. The number of hydrogen-bond acceptors (Lipinski definition) is 3. The zero-order chi connectivity index (χ0) is 18.8. The topological polar surface area (TPSA) is 47.4 Å². The van der Waals surface area contributed by atoms with Crippen LogP contribution in [0.4, 0.5) is 0 Å². The fourth-order valence-electron chi connectivity index (χ4n) is 3.75. The van der Waals surface area contributed by atoms with Crippen molar-refractivity contribution in [3.8, 4) is 5.75 Å². The van der Waals surface area contributed by atoms with E-state index < -0.39 is 0 Å². The number of likely N-dealkylation sites (tertiary alicyclic amines) is 1. The Hall–Kier alpha value is -2.82. The lowest BCUT2D eigenvalue weighted by Gasteiger charge is -2.14. The SMILES string of the molecule is CCc1ccc(OCCn2c(C3CC(=O)N(C)C3)nc3ccccc32)cc1. The fraction of sp³-hybridized carbons (Fsp3) is 0.364. The highest BCUT2D eigenvalue weighted by molar-refractivity contribution is 5.80. The van der Waals surface area contributed by atoms with E-state index in [1.807, 2.05) is 37.4 Å². The summed E-state index contributed by atoms with van der Waals surface area (Å²) >= 11 is 0. The largest absolute Gasteiger partial charge is 0.492 e. The van der Waals surface area contributed by atoms with Crippen LogP contribution in [0.15, 0.2) is 48.5 Å². The summed E-state index contributed by atoms with van der Waals surface area (Å²) in [5, 5.41) is 0. The quantitative estimate of drug-likeness (QED) is 0.672. The second kappa shape index (κ2) is 7.43. The van der Waals surface area contributed by atoms with Crippen molar-refractivity contribution in [2.75, 3.05) is 20.2 Å². The molecule has 1 aliphatic rings. The van der Waals surface area contributed by atoms with Gasteiger partial charge in [0.1, 0.15) is 18.2 Å². The summed E-state index contributed by atoms with van der Waals surface area (Å²) in [4.78, 5) is 18.6. The molecule has 0 saturated carbocycles. The Bertz CT molecular complexity index is 946. The van der Waals surface area contributed by atoms with Crippen molar-refractivity contribution in [2.45, 2.75) is 32.2 Å². The van der Waals surface area contributed by atoms with E-state index in [1.165, 1.54) is 5.56 Å². The van der Waals surface area contributed by atoms with Gasteiger partial charge in [-0.1, -0.05) is 31.2 Å². The number of benzene rings is 2. The molecule has 0 N–H and O–H groups in total. The lowest BCUT2D eigenvalue weighted by atomic mass is 10.1. The Morgan fingerprint density at radius 3 is 2.63 bits per heavy atom. The molecule has 2 aromatic carbocycles. The molecule has 1 fully saturated rings. The number of aromatic nitrogens is 2. The van der Waals surface area contributed by atoms with Crippen LogP contribution in [0, 0.1) is 0 Å². The van der Waals surface area contributed by atoms with Crippen LogP contribution in [0.25, 0.3) is 11.0 Å². The van der Waals surface area contributed by atoms with Gasteiger partial charge in [-0.25, -0.2) is 4.98 Å². The van der Waals surface area contributed by atoms with E-state index in [4.69, 9.17) is 9.72 Å². The van der Waals surface area contributed by atoms with E-state index in [0.29, 0.717) is 19.6 Å². The van der Waals surface area contributed by atoms with Gasteiger partial charge in [0.2, 0.25) is 5.91 Å². The maximum atomic E-state index is 12.0. The zero-order valence-corrected chi connectivity index (χ0v) is 15.9. The molecule has 0 aliphatic carbocycles. The van der Waals surface area contributed by atoms with Gasteiger partial charge in [-0.2, -0.15) is 0 Å². The van der Waals surface area contributed by atoms with E-state index in [2.05, 4.69) is 29.7 Å². The Morgan fingerprint density at radius 2 is 1.93 bits per heavy atom. The highest BCUT2D eigenvalue weighted by atomic mass is 16.5. The average Bonchev–Trinajstić information content (AvgIpc) is 3.22. The number of hydrogen-bond donors (Lipinski definition) is 0. The smallest absolute Gasteiger partial charge is 0.223 e. The van der Waals surface area contributed by atoms with Crippen LogP contribution in [0.2, 0.25) is 0 Å². The van der Waals surface area contributed by atoms with Crippen LogP contribution in [-0.4, -0.2) is 40.6 Å². The van der Waals surface area contributed by atoms with Gasteiger partial charge in [0.15, 0.2) is 0 Å². The highest BCUT2D eigenvalue weighted by Crippen LogP contribution is 2.29. The number of aryl methyl sites for hydroxylation is 1. The number of fused-ring (bicyclic) bond motifs is 1. The second-order valence-electron chi connectivity index (χ2n) is 7.13. The first kappa shape index (κ1) is 17.6. The molecule has 1 unspecified atom stereocenters. The summed E-state index contributed by atoms with van der Waals surface area (Å²) in [6.45, 7) is 4.14. The van der Waals surface area contributed by atoms with Gasteiger partial charge >= 0.3 is 0 Å². The third kappa shape index (κ3) is 3.54. The predicted octanol–water partition coefficient (Wildman–Crippen LogP) is 3.62. The first-order chi connectivity index (χ1) is 13.2. The molecular weight excluding hydrogens is 338 g/mol. The molecule has 0 radical (unpaired) electrons. The van der Waals surface area contributed by atoms with E-state index in [9.17, 15) is 4.79 Å². The first-order valence-electron chi connectivity index (χ1n) is 9.56. The maximum absolute atomic E-state index is 12.0. The van der Waals surface area contributed by atoms with Gasteiger partial charge in [0.25, 0.3) is 0 Å². The summed E-state index contributed by atoms with van der Waals surface area (Å²) in [5.74, 6) is 2.19. The number of imidazole rings is 1. The van der Waals surface area contributed by atoms with Gasteiger partial charge in [-0.05, 0) is 36.2 Å². The van der Waals surface area contributed by atoms with Crippen LogP contribution < -0.4 is 4.74 Å². The van der Waals surface area contributed by atoms with Gasteiger partial charge in [0, 0.05) is 25.9 Å². The Labute approximate surface area is 159 Å². The Kier molecular flexibility index (Phi) is 4.84. The minimum atomic E-state index is 0.138. The minimum Gasteiger partial charge on any atom is -0.492 e. The fourth-order valence-corrected chi connectivity index (χ4v) is 3.75. The maximum Gasteiger partial charge on any atom is 0.223 e. The first-order valence-corrected chi connectivity index (χ1v) is 9.56. The van der Waals surface area contributed by atoms with Crippen molar-refractivity contribution >= 4 is 16.9 Å². The van der Waals surface area contributed by atoms with Crippen molar-refractivity contribution < 1.29 is 9.53 Å². The van der Waals surface area contributed by atoms with Gasteiger partial charge in [-0.3, -0.25) is 4.79 Å². The summed E-state index contributed by atoms with van der Waals surface area (Å²) in [7, 11) is 1.86. The molecule has 0 spiro atoms. The van der Waals surface area contributed by atoms with Gasteiger partial charge in [0.05, 0.1) is 17.6 Å². The molecule has 1 amide bonds. The Morgan fingerprint density at radius 1 is 1.15 bits per heavy atom. The van der Waals surface area contributed by atoms with E-state index in [1.54, 1.807) is 4.90 Å². The Balaban J connectivity index is 1.54. The molecule has 1 aromatic heterocycles. The number of carbonyl (C=O) groups excluding carboxylic acids is 1. The van der Waals surface area contributed by atoms with E-state index in [0.717, 1.165) is 35.6 Å². The van der Waals surface area contributed by atoms with Crippen LogP contribution >= 0.6 is 0 Å². The standard InChI is InChI=1S/C22H25N3O2/c1-3-16-8-10-18(11-9-16)27-13-12-25-20-7-5-4-6-19(20)23-22(25)17-14-21(26)24(2)15-17/h4-11,17H,3,12-15H2,1-2H3. The van der Waals surface area contributed by atoms with Gasteiger partial charge < -0.3 is 14.2 Å². The molecule has 140 valence electrons. The number of nitrogens with zero attached hydrogens (tertiary/aromatic N) is 3. The second-order valence-corrected chi connectivity index (χ2v) is 7.13. The molecule has 1 aliphatic heterocycles. The van der Waals surface area contributed by atoms with Crippen LogP contribution in [-0.2, 0) is 17.8 Å². The number of carbonyl (C=O) groups is 1. The van der Waals surface area contributed by atoms with E-state index >= 15 is 0 Å². The molecule has 4 rings (SSSR count). The monoisotopic (exact) mass is 363 g/mol. The van der Waals surface area contributed by atoms with Crippen molar-refractivity contribution in [2.24, 2.45) is 0 Å². The summed E-state index contributed by atoms with van der Waals surface area (Å²) in [6.07, 6.45) is 1.55. The summed E-state index contributed by atoms with van der Waals surface area (Å²) < 4.78 is 8.18. The minimum absolute atomic E-state index is 0.138. The molecular formula is C22H25N3O2. The molecule has 1 saturated heterocycles. The molecule has 1 atom stereocenters. The average molecular weight is 363 g/mol. The highest BCUT2D eigenvalue weighted by Gasteiger charge is 2.31. The van der Waals surface area contributed by atoms with E-state index in [-0.39, 0.29) is 11.8 Å². The molecule has 27 heavy (non-hydrogen) atoms.